The van der Waals surface area contributed by atoms with Gasteiger partial charge in [0.1, 0.15) is 6.23 Å². The molecule has 0 radical (unpaired) electrons. The Balaban J connectivity index is 2.29. The predicted octanol–water partition coefficient (Wildman–Crippen LogP) is -0.00510. The first-order valence-electron chi connectivity index (χ1n) is 5.47. The number of aliphatic hydroxyl groups is 1. The van der Waals surface area contributed by atoms with Crippen molar-refractivity contribution in [3.05, 3.63) is 33.1 Å². The lowest BCUT2D eigenvalue weighted by Crippen LogP contribution is -2.32. The number of hydrogen-bond donors (Lipinski definition) is 2. The topological polar surface area (TPSA) is 84.3 Å². The summed E-state index contributed by atoms with van der Waals surface area (Å²) in [5, 5.41) is 8.91. The fraction of sp³-hybridized carbons (Fsp3) is 0.600. The fourth-order valence-electron chi connectivity index (χ4n) is 2.07. The molecule has 3 atom stereocenters. The molecular weight excluding hydrogens is 269 g/mol. The summed E-state index contributed by atoms with van der Waals surface area (Å²) in [6.45, 7) is -0.793. The summed E-state index contributed by atoms with van der Waals surface area (Å²) in [6.07, 6.45) is -6.51. The second kappa shape index (κ2) is 4.82. The largest absolute Gasteiger partial charge is 0.394 e. The number of H-pyrrole nitrogens is 1. The average Bonchev–Trinajstić information content (AvgIpc) is 2.72. The SMILES string of the molecule is O=c1ccn([C@H]2CC(C(F)(F)F)[C@@H](CO)O2)c(=O)[nH]1. The summed E-state index contributed by atoms with van der Waals surface area (Å²) in [5.41, 5.74) is -1.50. The van der Waals surface area contributed by atoms with Gasteiger partial charge in [0.25, 0.3) is 5.56 Å². The summed E-state index contributed by atoms with van der Waals surface area (Å²) < 4.78 is 44.0. The standard InChI is InChI=1S/C10H11F3N2O4/c11-10(12,13)5-3-8(19-6(5)4-16)15-2-1-7(17)14-9(15)18/h1-2,5-6,8,16H,3-4H2,(H,14,17,18)/t5?,6-,8-/m1/s1. The Morgan fingerprint density at radius 2 is 2.16 bits per heavy atom. The molecule has 1 unspecified atom stereocenters. The molecule has 2 rings (SSSR count). The maximum Gasteiger partial charge on any atom is 0.394 e. The van der Waals surface area contributed by atoms with Gasteiger partial charge in [0, 0.05) is 18.7 Å². The van der Waals surface area contributed by atoms with Crippen LogP contribution >= 0.6 is 0 Å². The zero-order valence-electron chi connectivity index (χ0n) is 9.55. The Morgan fingerprint density at radius 1 is 1.47 bits per heavy atom. The number of alkyl halides is 3. The molecule has 9 heteroatoms. The molecule has 1 aromatic heterocycles. The highest BCUT2D eigenvalue weighted by molar-refractivity contribution is 4.90. The highest BCUT2D eigenvalue weighted by Gasteiger charge is 2.51. The van der Waals surface area contributed by atoms with Crippen molar-refractivity contribution in [2.45, 2.75) is 24.9 Å². The van der Waals surface area contributed by atoms with E-state index >= 15 is 0 Å². The van der Waals surface area contributed by atoms with Gasteiger partial charge in [-0.1, -0.05) is 0 Å². The van der Waals surface area contributed by atoms with Crippen LogP contribution in [0, 0.1) is 5.92 Å². The van der Waals surface area contributed by atoms with E-state index in [1.165, 1.54) is 0 Å². The van der Waals surface area contributed by atoms with Gasteiger partial charge in [-0.3, -0.25) is 14.3 Å². The number of aromatic nitrogens is 2. The van der Waals surface area contributed by atoms with E-state index in [1.807, 2.05) is 4.98 Å². The zero-order valence-corrected chi connectivity index (χ0v) is 9.55. The van der Waals surface area contributed by atoms with Crippen LogP contribution in [0.25, 0.3) is 0 Å². The maximum absolute atomic E-state index is 12.7. The Bertz CT molecular complexity index is 565. The van der Waals surface area contributed by atoms with Gasteiger partial charge in [-0.2, -0.15) is 13.2 Å². The number of aromatic amines is 1. The summed E-state index contributed by atoms with van der Waals surface area (Å²) in [5.74, 6) is -1.85. The molecule has 2 heterocycles. The molecule has 106 valence electrons. The second-order valence-electron chi connectivity index (χ2n) is 4.21. The molecule has 1 aromatic rings. The summed E-state index contributed by atoms with van der Waals surface area (Å²) in [6, 6.07) is 1.01. The van der Waals surface area contributed by atoms with E-state index in [-0.39, 0.29) is 0 Å². The van der Waals surface area contributed by atoms with Gasteiger partial charge < -0.3 is 9.84 Å². The van der Waals surface area contributed by atoms with Crippen molar-refractivity contribution in [2.75, 3.05) is 6.61 Å². The van der Waals surface area contributed by atoms with E-state index in [0.717, 1.165) is 16.8 Å². The van der Waals surface area contributed by atoms with Crippen molar-refractivity contribution in [3.63, 3.8) is 0 Å². The van der Waals surface area contributed by atoms with E-state index < -0.39 is 48.7 Å². The quantitative estimate of drug-likeness (QED) is 0.798. The van der Waals surface area contributed by atoms with Crippen LogP contribution < -0.4 is 11.2 Å². The van der Waals surface area contributed by atoms with Crippen LogP contribution in [0.15, 0.2) is 21.9 Å². The van der Waals surface area contributed by atoms with Gasteiger partial charge in [-0.15, -0.1) is 0 Å². The molecule has 1 aliphatic rings. The summed E-state index contributed by atoms with van der Waals surface area (Å²) in [4.78, 5) is 24.3. The molecule has 0 aliphatic carbocycles. The Labute approximate surface area is 104 Å². The molecule has 0 saturated carbocycles. The van der Waals surface area contributed by atoms with Gasteiger partial charge in [-0.05, 0) is 0 Å². The molecule has 0 spiro atoms. The second-order valence-corrected chi connectivity index (χ2v) is 4.21. The maximum atomic E-state index is 12.7. The lowest BCUT2D eigenvalue weighted by atomic mass is 10.0. The van der Waals surface area contributed by atoms with Crippen molar-refractivity contribution in [1.82, 2.24) is 9.55 Å². The number of nitrogens with one attached hydrogen (secondary N) is 1. The zero-order chi connectivity index (χ0) is 14.2. The van der Waals surface area contributed by atoms with E-state index in [4.69, 9.17) is 9.84 Å². The van der Waals surface area contributed by atoms with Crippen LogP contribution in [0.5, 0.6) is 0 Å². The van der Waals surface area contributed by atoms with E-state index in [0.29, 0.717) is 0 Å². The smallest absolute Gasteiger partial charge is 0.394 e. The van der Waals surface area contributed by atoms with Gasteiger partial charge in [0.2, 0.25) is 0 Å². The third-order valence-electron chi connectivity index (χ3n) is 3.00. The van der Waals surface area contributed by atoms with Crippen LogP contribution in [0.3, 0.4) is 0 Å². The molecule has 2 N–H and O–H groups in total. The summed E-state index contributed by atoms with van der Waals surface area (Å²) >= 11 is 0. The van der Waals surface area contributed by atoms with Gasteiger partial charge in [0.15, 0.2) is 0 Å². The van der Waals surface area contributed by atoms with Crippen molar-refractivity contribution in [1.29, 1.82) is 0 Å². The predicted molar refractivity (Wildman–Crippen MR) is 56.5 cm³/mol. The molecule has 6 nitrogen and oxygen atoms in total. The van der Waals surface area contributed by atoms with Gasteiger partial charge in [-0.25, -0.2) is 4.79 Å². The van der Waals surface area contributed by atoms with Crippen molar-refractivity contribution in [2.24, 2.45) is 5.92 Å². The molecule has 0 amide bonds. The molecule has 1 fully saturated rings. The van der Waals surface area contributed by atoms with E-state index in [9.17, 15) is 22.8 Å². The van der Waals surface area contributed by atoms with Gasteiger partial charge >= 0.3 is 11.9 Å². The number of rotatable bonds is 2. The molecule has 1 saturated heterocycles. The lowest BCUT2D eigenvalue weighted by Gasteiger charge is -2.18. The minimum atomic E-state index is -4.52. The molecule has 0 bridgehead atoms. The minimum Gasteiger partial charge on any atom is -0.394 e. The highest BCUT2D eigenvalue weighted by atomic mass is 19.4. The molecule has 0 aromatic carbocycles. The number of ether oxygens (including phenoxy) is 1. The lowest BCUT2D eigenvalue weighted by molar-refractivity contribution is -0.190. The number of aliphatic hydroxyl groups excluding tert-OH is 1. The highest BCUT2D eigenvalue weighted by Crippen LogP contribution is 2.42. The third-order valence-corrected chi connectivity index (χ3v) is 3.00. The first-order chi connectivity index (χ1) is 8.82. The van der Waals surface area contributed by atoms with Gasteiger partial charge in [0.05, 0.1) is 18.6 Å². The number of halogens is 3. The summed E-state index contributed by atoms with van der Waals surface area (Å²) in [7, 11) is 0. The number of nitrogens with zero attached hydrogens (tertiary/aromatic N) is 1. The van der Waals surface area contributed by atoms with Crippen molar-refractivity contribution in [3.8, 4) is 0 Å². The third kappa shape index (κ3) is 2.71. The first-order valence-corrected chi connectivity index (χ1v) is 5.47. The van der Waals surface area contributed by atoms with Crippen LogP contribution in [-0.2, 0) is 4.74 Å². The van der Waals surface area contributed by atoms with E-state index in [1.54, 1.807) is 0 Å². The normalized spacial score (nSPS) is 27.7. The van der Waals surface area contributed by atoms with Crippen molar-refractivity contribution >= 4 is 0 Å². The van der Waals surface area contributed by atoms with Crippen molar-refractivity contribution < 1.29 is 23.0 Å². The van der Waals surface area contributed by atoms with Crippen LogP contribution in [0.2, 0.25) is 0 Å². The fourth-order valence-corrected chi connectivity index (χ4v) is 2.07. The Hall–Kier alpha value is -1.61. The molecule has 19 heavy (non-hydrogen) atoms. The monoisotopic (exact) mass is 280 g/mol. The average molecular weight is 280 g/mol. The first kappa shape index (κ1) is 13.8. The van der Waals surface area contributed by atoms with Crippen LogP contribution in [-0.4, -0.2) is 33.5 Å². The Morgan fingerprint density at radius 3 is 2.63 bits per heavy atom. The van der Waals surface area contributed by atoms with E-state index in [2.05, 4.69) is 0 Å². The number of hydrogen-bond acceptors (Lipinski definition) is 4. The Kier molecular flexibility index (Phi) is 3.50. The van der Waals surface area contributed by atoms with Crippen LogP contribution in [0.4, 0.5) is 13.2 Å². The minimum absolute atomic E-state index is 0.485. The molecular formula is C10H11F3N2O4. The molecule has 1 aliphatic heterocycles. The van der Waals surface area contributed by atoms with Crippen LogP contribution in [0.1, 0.15) is 12.6 Å².